The molecule has 3 rings (SSSR count). The van der Waals surface area contributed by atoms with Gasteiger partial charge < -0.3 is 5.32 Å². The molecule has 0 saturated heterocycles. The molecular formula is C20H15ClF3NOS. The van der Waals surface area contributed by atoms with Crippen molar-refractivity contribution >= 4 is 28.8 Å². The molecule has 140 valence electrons. The number of rotatable bonds is 5. The number of nitrogens with one attached hydrogen (secondary N) is 1. The molecule has 0 saturated carbocycles. The number of benzene rings is 2. The van der Waals surface area contributed by atoms with Crippen LogP contribution in [0.4, 0.5) is 13.2 Å². The maximum absolute atomic E-state index is 12.9. The maximum Gasteiger partial charge on any atom is 0.416 e. The van der Waals surface area contributed by atoms with E-state index in [-0.39, 0.29) is 5.91 Å². The zero-order chi connectivity index (χ0) is 19.4. The summed E-state index contributed by atoms with van der Waals surface area (Å²) in [6.45, 7) is 0.440. The molecule has 0 aliphatic heterocycles. The van der Waals surface area contributed by atoms with E-state index in [1.54, 1.807) is 24.3 Å². The molecule has 0 radical (unpaired) electrons. The second-order valence-corrected chi connectivity index (χ2v) is 7.40. The first-order valence-corrected chi connectivity index (χ1v) is 9.32. The molecule has 0 spiro atoms. The first kappa shape index (κ1) is 19.5. The molecule has 1 heterocycles. The Balaban J connectivity index is 1.64. The van der Waals surface area contributed by atoms with Gasteiger partial charge in [-0.2, -0.15) is 13.2 Å². The fourth-order valence-electron chi connectivity index (χ4n) is 2.56. The number of amides is 1. The van der Waals surface area contributed by atoms with Crippen LogP contribution >= 0.6 is 22.9 Å². The van der Waals surface area contributed by atoms with Crippen molar-refractivity contribution in [1.29, 1.82) is 0 Å². The summed E-state index contributed by atoms with van der Waals surface area (Å²) >= 11 is 7.09. The number of carbonyl (C=O) groups is 1. The Labute approximate surface area is 163 Å². The van der Waals surface area contributed by atoms with Gasteiger partial charge in [0.15, 0.2) is 0 Å². The number of halogens is 4. The van der Waals surface area contributed by atoms with Crippen LogP contribution in [0.15, 0.2) is 60.7 Å². The Morgan fingerprint density at radius 2 is 1.81 bits per heavy atom. The third-order valence-corrected chi connectivity index (χ3v) is 5.26. The van der Waals surface area contributed by atoms with Crippen LogP contribution in [0.25, 0.3) is 10.4 Å². The average Bonchev–Trinajstić information content (AvgIpc) is 3.11. The van der Waals surface area contributed by atoms with Crippen molar-refractivity contribution in [2.75, 3.05) is 6.54 Å². The summed E-state index contributed by atoms with van der Waals surface area (Å²) < 4.78 is 38.6. The molecule has 0 aliphatic carbocycles. The van der Waals surface area contributed by atoms with Gasteiger partial charge in [-0.25, -0.2) is 0 Å². The smallest absolute Gasteiger partial charge is 0.351 e. The van der Waals surface area contributed by atoms with Gasteiger partial charge in [-0.1, -0.05) is 35.9 Å². The van der Waals surface area contributed by atoms with Crippen LogP contribution in [0.3, 0.4) is 0 Å². The first-order chi connectivity index (χ1) is 12.8. The SMILES string of the molecule is O=C(NCCc1cccc(Cl)c1)c1ccc(-c2cccc(C(F)(F)F)c2)s1. The van der Waals surface area contributed by atoms with Gasteiger partial charge >= 0.3 is 6.18 Å². The summed E-state index contributed by atoms with van der Waals surface area (Å²) in [5, 5.41) is 3.46. The Morgan fingerprint density at radius 3 is 2.56 bits per heavy atom. The van der Waals surface area contributed by atoms with Gasteiger partial charge in [-0.15, -0.1) is 11.3 Å². The van der Waals surface area contributed by atoms with Gasteiger partial charge in [-0.3, -0.25) is 4.79 Å². The molecule has 27 heavy (non-hydrogen) atoms. The second kappa shape index (κ2) is 8.15. The average molecular weight is 410 g/mol. The van der Waals surface area contributed by atoms with Gasteiger partial charge in [0, 0.05) is 16.4 Å². The predicted octanol–water partition coefficient (Wildman–Crippen LogP) is 6.06. The van der Waals surface area contributed by atoms with Gasteiger partial charge in [0.05, 0.1) is 10.4 Å². The largest absolute Gasteiger partial charge is 0.416 e. The minimum atomic E-state index is -4.40. The van der Waals surface area contributed by atoms with Gasteiger partial charge in [0.1, 0.15) is 0 Å². The zero-order valence-corrected chi connectivity index (χ0v) is 15.6. The Kier molecular flexibility index (Phi) is 5.87. The molecule has 1 amide bonds. The standard InChI is InChI=1S/C20H15ClF3NOS/c21-16-6-1-3-13(11-16)9-10-25-19(26)18-8-7-17(27-18)14-4-2-5-15(12-14)20(22,23)24/h1-8,11-12H,9-10H2,(H,25,26). The number of carbonyl (C=O) groups excluding carboxylic acids is 1. The minimum Gasteiger partial charge on any atom is -0.351 e. The van der Waals surface area contributed by atoms with E-state index in [2.05, 4.69) is 5.32 Å². The summed E-state index contributed by atoms with van der Waals surface area (Å²) in [6.07, 6.45) is -3.76. The summed E-state index contributed by atoms with van der Waals surface area (Å²) in [4.78, 5) is 13.3. The van der Waals surface area contributed by atoms with E-state index in [0.29, 0.717) is 33.3 Å². The minimum absolute atomic E-state index is 0.250. The van der Waals surface area contributed by atoms with Crippen molar-refractivity contribution in [3.05, 3.63) is 81.7 Å². The van der Waals surface area contributed by atoms with E-state index >= 15 is 0 Å². The van der Waals surface area contributed by atoms with Crippen LogP contribution in [0.1, 0.15) is 20.8 Å². The van der Waals surface area contributed by atoms with Crippen molar-refractivity contribution < 1.29 is 18.0 Å². The third kappa shape index (κ3) is 5.11. The normalized spacial score (nSPS) is 11.4. The summed E-state index contributed by atoms with van der Waals surface area (Å²) in [5.74, 6) is -0.250. The topological polar surface area (TPSA) is 29.1 Å². The highest BCUT2D eigenvalue weighted by molar-refractivity contribution is 7.17. The fraction of sp³-hybridized carbons (Fsp3) is 0.150. The van der Waals surface area contributed by atoms with E-state index < -0.39 is 11.7 Å². The Bertz CT molecular complexity index is 952. The zero-order valence-electron chi connectivity index (χ0n) is 14.0. The predicted molar refractivity (Wildman–Crippen MR) is 102 cm³/mol. The van der Waals surface area contributed by atoms with E-state index in [1.807, 2.05) is 18.2 Å². The lowest BCUT2D eigenvalue weighted by Crippen LogP contribution is -2.24. The van der Waals surface area contributed by atoms with Crippen LogP contribution in [0, 0.1) is 0 Å². The van der Waals surface area contributed by atoms with E-state index in [1.165, 1.54) is 6.07 Å². The second-order valence-electron chi connectivity index (χ2n) is 5.88. The van der Waals surface area contributed by atoms with Crippen LogP contribution in [-0.2, 0) is 12.6 Å². The number of hydrogen-bond acceptors (Lipinski definition) is 2. The van der Waals surface area contributed by atoms with Crippen molar-refractivity contribution in [3.63, 3.8) is 0 Å². The summed E-state index contributed by atoms with van der Waals surface area (Å²) in [6, 6.07) is 15.8. The van der Waals surface area contributed by atoms with Crippen molar-refractivity contribution in [1.82, 2.24) is 5.32 Å². The number of thiophene rings is 1. The summed E-state index contributed by atoms with van der Waals surface area (Å²) in [5.41, 5.74) is 0.743. The lowest BCUT2D eigenvalue weighted by molar-refractivity contribution is -0.137. The third-order valence-electron chi connectivity index (χ3n) is 3.89. The molecule has 0 bridgehead atoms. The molecular weight excluding hydrogens is 395 g/mol. The van der Waals surface area contributed by atoms with Crippen LogP contribution in [0.5, 0.6) is 0 Å². The quantitative estimate of drug-likeness (QED) is 0.545. The van der Waals surface area contributed by atoms with Gasteiger partial charge in [-0.05, 0) is 53.9 Å². The molecule has 0 unspecified atom stereocenters. The molecule has 0 fully saturated rings. The highest BCUT2D eigenvalue weighted by atomic mass is 35.5. The lowest BCUT2D eigenvalue weighted by atomic mass is 10.1. The van der Waals surface area contributed by atoms with E-state index in [9.17, 15) is 18.0 Å². The number of hydrogen-bond donors (Lipinski definition) is 1. The van der Waals surface area contributed by atoms with Crippen LogP contribution in [-0.4, -0.2) is 12.5 Å². The van der Waals surface area contributed by atoms with E-state index in [4.69, 9.17) is 11.6 Å². The Hall–Kier alpha value is -2.31. The monoisotopic (exact) mass is 409 g/mol. The molecule has 2 nitrogen and oxygen atoms in total. The molecule has 0 aliphatic rings. The van der Waals surface area contributed by atoms with Gasteiger partial charge in [0.2, 0.25) is 0 Å². The summed E-state index contributed by atoms with van der Waals surface area (Å²) in [7, 11) is 0. The first-order valence-electron chi connectivity index (χ1n) is 8.13. The maximum atomic E-state index is 12.9. The molecule has 1 aromatic heterocycles. The molecule has 7 heteroatoms. The Morgan fingerprint density at radius 1 is 1.04 bits per heavy atom. The lowest BCUT2D eigenvalue weighted by Gasteiger charge is -2.07. The molecule has 3 aromatic rings. The van der Waals surface area contributed by atoms with Gasteiger partial charge in [0.25, 0.3) is 5.91 Å². The highest BCUT2D eigenvalue weighted by Crippen LogP contribution is 2.34. The van der Waals surface area contributed by atoms with Crippen molar-refractivity contribution in [2.24, 2.45) is 0 Å². The van der Waals surface area contributed by atoms with Crippen LogP contribution in [0.2, 0.25) is 5.02 Å². The number of alkyl halides is 3. The van der Waals surface area contributed by atoms with E-state index in [0.717, 1.165) is 29.0 Å². The highest BCUT2D eigenvalue weighted by Gasteiger charge is 2.30. The van der Waals surface area contributed by atoms with Crippen molar-refractivity contribution in [3.8, 4) is 10.4 Å². The molecule has 0 atom stereocenters. The fourth-order valence-corrected chi connectivity index (χ4v) is 3.70. The molecule has 2 aromatic carbocycles. The van der Waals surface area contributed by atoms with Crippen LogP contribution < -0.4 is 5.32 Å². The van der Waals surface area contributed by atoms with Crippen molar-refractivity contribution in [2.45, 2.75) is 12.6 Å². The molecule has 1 N–H and O–H groups in total.